The Labute approximate surface area is 189 Å². The maximum absolute atomic E-state index is 13.6. The highest BCUT2D eigenvalue weighted by atomic mass is 16.5. The number of anilines is 1. The summed E-state index contributed by atoms with van der Waals surface area (Å²) < 4.78 is 5.42. The van der Waals surface area contributed by atoms with Crippen LogP contribution < -0.4 is 15.2 Å². The first-order valence-corrected chi connectivity index (χ1v) is 10.4. The van der Waals surface area contributed by atoms with E-state index >= 15 is 0 Å². The minimum atomic E-state index is -0.296. The number of fused-ring (bicyclic) bond motifs is 1. The Morgan fingerprint density at radius 1 is 0.970 bits per heavy atom. The number of methoxy groups -OCH3 is 1. The number of carbonyl (C=O) groups is 1. The normalized spacial score (nSPS) is 14.7. The molecule has 0 saturated carbocycles. The van der Waals surface area contributed by atoms with Crippen LogP contribution in [0.2, 0.25) is 0 Å². The molecule has 0 bridgehead atoms. The van der Waals surface area contributed by atoms with E-state index in [0.717, 1.165) is 11.1 Å². The minimum Gasteiger partial charge on any atom is -0.496 e. The second-order valence-electron chi connectivity index (χ2n) is 7.57. The maximum atomic E-state index is 13.6. The number of amidine groups is 1. The number of aromatic amines is 1. The van der Waals surface area contributed by atoms with Crippen molar-refractivity contribution in [3.63, 3.8) is 0 Å². The monoisotopic (exact) mass is 436 g/mol. The topological polar surface area (TPSA) is 87.7 Å². The van der Waals surface area contributed by atoms with Gasteiger partial charge in [-0.3, -0.25) is 14.5 Å². The van der Waals surface area contributed by atoms with Crippen molar-refractivity contribution in [2.24, 2.45) is 4.99 Å². The molecule has 1 aliphatic rings. The number of rotatable bonds is 4. The van der Waals surface area contributed by atoms with Gasteiger partial charge in [-0.25, -0.2) is 9.98 Å². The molecule has 1 aromatic heterocycles. The van der Waals surface area contributed by atoms with Crippen molar-refractivity contribution in [3.05, 3.63) is 106 Å². The molecule has 7 heteroatoms. The maximum Gasteiger partial charge on any atom is 0.282 e. The summed E-state index contributed by atoms with van der Waals surface area (Å²) >= 11 is 0. The van der Waals surface area contributed by atoms with E-state index in [1.165, 1.54) is 4.90 Å². The number of nitrogens with one attached hydrogen (secondary N) is 1. The zero-order valence-corrected chi connectivity index (χ0v) is 18.1. The summed E-state index contributed by atoms with van der Waals surface area (Å²) in [5.41, 5.74) is 2.65. The average Bonchev–Trinajstić information content (AvgIpc) is 3.15. The van der Waals surface area contributed by atoms with Crippen LogP contribution in [0, 0.1) is 6.92 Å². The fourth-order valence-electron chi connectivity index (χ4n) is 3.85. The van der Waals surface area contributed by atoms with Crippen LogP contribution in [0.1, 0.15) is 17.0 Å². The lowest BCUT2D eigenvalue weighted by molar-refractivity contribution is -0.113. The van der Waals surface area contributed by atoms with Crippen molar-refractivity contribution < 1.29 is 9.53 Å². The van der Waals surface area contributed by atoms with Gasteiger partial charge in [-0.2, -0.15) is 0 Å². The summed E-state index contributed by atoms with van der Waals surface area (Å²) in [6.45, 7) is 1.73. The first kappa shape index (κ1) is 20.4. The molecule has 0 spiro atoms. The zero-order chi connectivity index (χ0) is 22.9. The number of amides is 1. The lowest BCUT2D eigenvalue weighted by Crippen LogP contribution is -2.32. The predicted molar refractivity (Wildman–Crippen MR) is 129 cm³/mol. The highest BCUT2D eigenvalue weighted by Crippen LogP contribution is 2.30. The summed E-state index contributed by atoms with van der Waals surface area (Å²) in [6, 6.07) is 22.1. The van der Waals surface area contributed by atoms with Crippen molar-refractivity contribution in [1.29, 1.82) is 0 Å². The molecule has 0 atom stereocenters. The summed E-state index contributed by atoms with van der Waals surface area (Å²) in [4.78, 5) is 39.4. The van der Waals surface area contributed by atoms with Gasteiger partial charge in [-0.1, -0.05) is 48.5 Å². The molecule has 7 nitrogen and oxygen atoms in total. The number of para-hydroxylation sites is 1. The van der Waals surface area contributed by atoms with E-state index in [1.807, 2.05) is 54.6 Å². The highest BCUT2D eigenvalue weighted by molar-refractivity contribution is 6.33. The summed E-state index contributed by atoms with van der Waals surface area (Å²) in [5, 5.41) is 0.403. The molecule has 0 radical (unpaired) electrons. The van der Waals surface area contributed by atoms with Crippen LogP contribution in [-0.4, -0.2) is 28.8 Å². The molecule has 3 aromatic carbocycles. The number of ether oxygens (including phenoxy) is 1. The quantitative estimate of drug-likeness (QED) is 0.489. The van der Waals surface area contributed by atoms with E-state index < -0.39 is 0 Å². The number of hydrogen-bond acceptors (Lipinski definition) is 5. The summed E-state index contributed by atoms with van der Waals surface area (Å²) in [6.07, 6.45) is 1.71. The van der Waals surface area contributed by atoms with Gasteiger partial charge in [0, 0.05) is 11.1 Å². The molecule has 162 valence electrons. The van der Waals surface area contributed by atoms with Crippen molar-refractivity contribution in [2.45, 2.75) is 6.92 Å². The van der Waals surface area contributed by atoms with Crippen molar-refractivity contribution in [1.82, 2.24) is 9.97 Å². The van der Waals surface area contributed by atoms with Gasteiger partial charge in [0.2, 0.25) is 0 Å². The van der Waals surface area contributed by atoms with E-state index in [0.29, 0.717) is 34.0 Å². The Morgan fingerprint density at radius 2 is 1.73 bits per heavy atom. The third-order valence-corrected chi connectivity index (χ3v) is 5.39. The Hall–Kier alpha value is -4.52. The van der Waals surface area contributed by atoms with Crippen molar-refractivity contribution in [3.8, 4) is 5.75 Å². The third kappa shape index (κ3) is 3.70. The second-order valence-corrected chi connectivity index (χ2v) is 7.57. The molecule has 0 aliphatic carbocycles. The minimum absolute atomic E-state index is 0.256. The average molecular weight is 436 g/mol. The smallest absolute Gasteiger partial charge is 0.282 e. The van der Waals surface area contributed by atoms with Gasteiger partial charge in [0.1, 0.15) is 23.1 Å². The molecule has 1 aliphatic heterocycles. The molecular formula is C26H20N4O3. The van der Waals surface area contributed by atoms with Gasteiger partial charge in [-0.05, 0) is 37.3 Å². The number of aliphatic imine (C=N–C) groups is 1. The van der Waals surface area contributed by atoms with Gasteiger partial charge >= 0.3 is 0 Å². The molecule has 1 N–H and O–H groups in total. The zero-order valence-electron chi connectivity index (χ0n) is 18.1. The third-order valence-electron chi connectivity index (χ3n) is 5.39. The Balaban J connectivity index is 1.67. The van der Waals surface area contributed by atoms with E-state index in [9.17, 15) is 9.59 Å². The van der Waals surface area contributed by atoms with Crippen LogP contribution >= 0.6 is 0 Å². The summed E-state index contributed by atoms with van der Waals surface area (Å²) in [5.74, 6) is 1.37. The van der Waals surface area contributed by atoms with Gasteiger partial charge in [-0.15, -0.1) is 0 Å². The molecule has 2 heterocycles. The van der Waals surface area contributed by atoms with Crippen molar-refractivity contribution >= 4 is 34.4 Å². The van der Waals surface area contributed by atoms with E-state index in [4.69, 9.17) is 4.74 Å². The SMILES string of the molecule is COc1ccccc1/C=C1/N=C(c2ccccc2)N(c2ccc3nc(C)[nH]c(=O)c3c2)C1=O. The molecule has 1 amide bonds. The molecule has 0 fully saturated rings. The Bertz CT molecular complexity index is 1500. The number of H-pyrrole nitrogens is 1. The molecule has 0 unspecified atom stereocenters. The number of aromatic nitrogens is 2. The van der Waals surface area contributed by atoms with Crippen LogP contribution in [0.15, 0.2) is 88.3 Å². The van der Waals surface area contributed by atoms with Gasteiger partial charge in [0.25, 0.3) is 11.5 Å². The highest BCUT2D eigenvalue weighted by Gasteiger charge is 2.33. The van der Waals surface area contributed by atoms with Crippen LogP contribution in [-0.2, 0) is 4.79 Å². The second kappa shape index (κ2) is 8.20. The van der Waals surface area contributed by atoms with E-state index in [1.54, 1.807) is 38.3 Å². The van der Waals surface area contributed by atoms with Crippen LogP contribution in [0.3, 0.4) is 0 Å². The number of benzene rings is 3. The number of carbonyl (C=O) groups excluding carboxylic acids is 1. The first-order valence-electron chi connectivity index (χ1n) is 10.4. The van der Waals surface area contributed by atoms with Crippen LogP contribution in [0.4, 0.5) is 5.69 Å². The lowest BCUT2D eigenvalue weighted by atomic mass is 10.1. The predicted octanol–water partition coefficient (Wildman–Crippen LogP) is 4.07. The fourth-order valence-corrected chi connectivity index (χ4v) is 3.85. The standard InChI is InChI=1S/C26H20N4O3/c1-16-27-21-13-12-19(15-20(21)25(31)28-16)30-24(17-8-4-3-5-9-17)29-22(26(30)32)14-18-10-6-7-11-23(18)33-2/h3-15H,1-2H3,(H,27,28,31)/b22-14+. The first-order chi connectivity index (χ1) is 16.0. The lowest BCUT2D eigenvalue weighted by Gasteiger charge is -2.19. The number of hydrogen-bond donors (Lipinski definition) is 1. The molecule has 0 saturated heterocycles. The van der Waals surface area contributed by atoms with Gasteiger partial charge in [0.05, 0.1) is 23.7 Å². The molecule has 4 aromatic rings. The summed E-state index contributed by atoms with van der Waals surface area (Å²) in [7, 11) is 1.58. The largest absolute Gasteiger partial charge is 0.496 e. The van der Waals surface area contributed by atoms with Crippen LogP contribution in [0.5, 0.6) is 5.75 Å². The van der Waals surface area contributed by atoms with Gasteiger partial charge in [0.15, 0.2) is 0 Å². The van der Waals surface area contributed by atoms with Crippen LogP contribution in [0.25, 0.3) is 17.0 Å². The Kier molecular flexibility index (Phi) is 5.06. The fraction of sp³-hybridized carbons (Fsp3) is 0.0769. The molecular weight excluding hydrogens is 416 g/mol. The number of nitrogens with zero attached hydrogens (tertiary/aromatic N) is 3. The molecule has 5 rings (SSSR count). The van der Waals surface area contributed by atoms with Gasteiger partial charge < -0.3 is 9.72 Å². The van der Waals surface area contributed by atoms with Crippen molar-refractivity contribution in [2.75, 3.05) is 12.0 Å². The molecule has 33 heavy (non-hydrogen) atoms. The number of aryl methyl sites for hydroxylation is 1. The Morgan fingerprint density at radius 3 is 2.52 bits per heavy atom. The van der Waals surface area contributed by atoms with E-state index in [2.05, 4.69) is 15.0 Å². The van der Waals surface area contributed by atoms with E-state index in [-0.39, 0.29) is 17.2 Å².